The first-order valence-corrected chi connectivity index (χ1v) is 8.80. The van der Waals surface area contributed by atoms with E-state index in [9.17, 15) is 8.42 Å². The maximum atomic E-state index is 11.2. The van der Waals surface area contributed by atoms with E-state index in [0.29, 0.717) is 16.6 Å². The summed E-state index contributed by atoms with van der Waals surface area (Å²) in [5, 5.41) is 3.83. The lowest BCUT2D eigenvalue weighted by atomic mass is 10.0. The van der Waals surface area contributed by atoms with Crippen molar-refractivity contribution in [3.63, 3.8) is 0 Å². The Labute approximate surface area is 124 Å². The van der Waals surface area contributed by atoms with Crippen LogP contribution >= 0.6 is 11.6 Å². The Balaban J connectivity index is 2.00. The van der Waals surface area contributed by atoms with Crippen LogP contribution in [0.15, 0.2) is 18.2 Å². The fraction of sp³-hybridized carbons (Fsp3) is 0.538. The molecule has 1 atom stereocenters. The third kappa shape index (κ3) is 4.85. The van der Waals surface area contributed by atoms with Gasteiger partial charge in [0.05, 0.1) is 29.3 Å². The number of nitrogens with one attached hydrogen (secondary N) is 2. The third-order valence-electron chi connectivity index (χ3n) is 3.11. The van der Waals surface area contributed by atoms with Crippen LogP contribution in [-0.4, -0.2) is 34.4 Å². The van der Waals surface area contributed by atoms with Crippen molar-refractivity contribution in [1.29, 1.82) is 0 Å². The topological polar surface area (TPSA) is 67.4 Å². The van der Waals surface area contributed by atoms with E-state index in [4.69, 9.17) is 16.3 Å². The first-order chi connectivity index (χ1) is 9.44. The van der Waals surface area contributed by atoms with E-state index in [2.05, 4.69) is 10.0 Å². The van der Waals surface area contributed by atoms with E-state index in [1.807, 2.05) is 0 Å². The molecule has 0 amide bonds. The molecular formula is C13H19ClN2O3S. The van der Waals surface area contributed by atoms with E-state index in [1.54, 1.807) is 18.2 Å². The second-order valence-electron chi connectivity index (χ2n) is 5.03. The summed E-state index contributed by atoms with van der Waals surface area (Å²) in [5.74, 6) is 0.464. The molecule has 2 N–H and O–H groups in total. The molecule has 0 aromatic heterocycles. The van der Waals surface area contributed by atoms with Crippen molar-refractivity contribution in [1.82, 2.24) is 0 Å². The van der Waals surface area contributed by atoms with Gasteiger partial charge in [-0.25, -0.2) is 8.42 Å². The average molecular weight is 319 g/mol. The maximum Gasteiger partial charge on any atom is 0.229 e. The molecule has 1 unspecified atom stereocenters. The SMILES string of the molecule is CS(=O)(=O)Nc1ccc(Cl)c(NCC2CCCOC2)c1. The van der Waals surface area contributed by atoms with Gasteiger partial charge in [-0.15, -0.1) is 0 Å². The standard InChI is InChI=1S/C13H19ClN2O3S/c1-20(17,18)16-11-4-5-12(14)13(7-11)15-8-10-3-2-6-19-9-10/h4-5,7,10,15-16H,2-3,6,8-9H2,1H3. The summed E-state index contributed by atoms with van der Waals surface area (Å²) in [6.07, 6.45) is 3.33. The number of anilines is 2. The zero-order valence-corrected chi connectivity index (χ0v) is 12.9. The molecule has 0 saturated carbocycles. The van der Waals surface area contributed by atoms with Crippen molar-refractivity contribution in [2.24, 2.45) is 5.92 Å². The highest BCUT2D eigenvalue weighted by Crippen LogP contribution is 2.26. The summed E-state index contributed by atoms with van der Waals surface area (Å²) < 4.78 is 30.3. The van der Waals surface area contributed by atoms with Gasteiger partial charge < -0.3 is 10.1 Å². The largest absolute Gasteiger partial charge is 0.383 e. The summed E-state index contributed by atoms with van der Waals surface area (Å²) in [6.45, 7) is 2.36. The molecule has 2 rings (SSSR count). The Morgan fingerprint density at radius 3 is 2.90 bits per heavy atom. The number of hydrogen-bond acceptors (Lipinski definition) is 4. The molecule has 1 aliphatic heterocycles. The van der Waals surface area contributed by atoms with Gasteiger partial charge in [-0.3, -0.25) is 4.72 Å². The minimum atomic E-state index is -3.28. The molecule has 112 valence electrons. The highest BCUT2D eigenvalue weighted by molar-refractivity contribution is 7.92. The fourth-order valence-corrected chi connectivity index (χ4v) is 2.90. The number of benzene rings is 1. The van der Waals surface area contributed by atoms with Crippen molar-refractivity contribution in [2.45, 2.75) is 12.8 Å². The van der Waals surface area contributed by atoms with Crippen LogP contribution in [0.25, 0.3) is 0 Å². The van der Waals surface area contributed by atoms with E-state index in [-0.39, 0.29) is 0 Å². The van der Waals surface area contributed by atoms with Gasteiger partial charge in [0.1, 0.15) is 0 Å². The summed E-state index contributed by atoms with van der Waals surface area (Å²) in [6, 6.07) is 5.01. The molecule has 5 nitrogen and oxygen atoms in total. The van der Waals surface area contributed by atoms with Crippen molar-refractivity contribution >= 4 is 33.0 Å². The van der Waals surface area contributed by atoms with Gasteiger partial charge in [0.15, 0.2) is 0 Å². The Morgan fingerprint density at radius 1 is 1.45 bits per heavy atom. The highest BCUT2D eigenvalue weighted by Gasteiger charge is 2.14. The Hall–Kier alpha value is -0.980. The van der Waals surface area contributed by atoms with Gasteiger partial charge in [0.2, 0.25) is 10.0 Å². The van der Waals surface area contributed by atoms with Crippen LogP contribution in [0, 0.1) is 5.92 Å². The normalized spacial score (nSPS) is 19.6. The van der Waals surface area contributed by atoms with E-state index < -0.39 is 10.0 Å². The van der Waals surface area contributed by atoms with Crippen LogP contribution < -0.4 is 10.0 Å². The Bertz CT molecular complexity index is 557. The molecule has 1 heterocycles. The predicted molar refractivity (Wildman–Crippen MR) is 82.0 cm³/mol. The van der Waals surface area contributed by atoms with Gasteiger partial charge in [-0.2, -0.15) is 0 Å². The molecule has 1 aromatic rings. The molecule has 7 heteroatoms. The van der Waals surface area contributed by atoms with Crippen LogP contribution in [0.5, 0.6) is 0 Å². The van der Waals surface area contributed by atoms with Crippen molar-refractivity contribution in [3.05, 3.63) is 23.2 Å². The minimum absolute atomic E-state index is 0.464. The zero-order valence-electron chi connectivity index (χ0n) is 11.4. The number of rotatable bonds is 5. The van der Waals surface area contributed by atoms with E-state index in [1.165, 1.54) is 0 Å². The molecule has 20 heavy (non-hydrogen) atoms. The number of sulfonamides is 1. The smallest absolute Gasteiger partial charge is 0.229 e. The molecule has 0 spiro atoms. The molecule has 1 saturated heterocycles. The second-order valence-corrected chi connectivity index (χ2v) is 7.19. The van der Waals surface area contributed by atoms with Crippen LogP contribution in [0.1, 0.15) is 12.8 Å². The molecule has 0 radical (unpaired) electrons. The van der Waals surface area contributed by atoms with Crippen LogP contribution in [0.4, 0.5) is 11.4 Å². The first kappa shape index (κ1) is 15.4. The molecule has 0 aliphatic carbocycles. The van der Waals surface area contributed by atoms with E-state index in [0.717, 1.165) is 44.5 Å². The molecule has 1 aliphatic rings. The Morgan fingerprint density at radius 2 is 2.25 bits per heavy atom. The van der Waals surface area contributed by atoms with Gasteiger partial charge in [0.25, 0.3) is 0 Å². The predicted octanol–water partition coefficient (Wildman–Crippen LogP) is 2.55. The van der Waals surface area contributed by atoms with Gasteiger partial charge in [-0.1, -0.05) is 11.6 Å². The molecule has 0 bridgehead atoms. The second kappa shape index (κ2) is 6.65. The lowest BCUT2D eigenvalue weighted by Crippen LogP contribution is -2.24. The average Bonchev–Trinajstić information content (AvgIpc) is 2.39. The van der Waals surface area contributed by atoms with Gasteiger partial charge in [-0.05, 0) is 37.0 Å². The summed E-state index contributed by atoms with van der Waals surface area (Å²) in [4.78, 5) is 0. The van der Waals surface area contributed by atoms with Crippen molar-refractivity contribution in [3.8, 4) is 0 Å². The lowest BCUT2D eigenvalue weighted by Gasteiger charge is -2.23. The maximum absolute atomic E-state index is 11.2. The monoisotopic (exact) mass is 318 g/mol. The fourth-order valence-electron chi connectivity index (χ4n) is 2.16. The number of ether oxygens (including phenoxy) is 1. The molecule has 1 fully saturated rings. The molecular weight excluding hydrogens is 300 g/mol. The third-order valence-corrected chi connectivity index (χ3v) is 4.04. The zero-order chi connectivity index (χ0) is 14.6. The van der Waals surface area contributed by atoms with Crippen LogP contribution in [-0.2, 0) is 14.8 Å². The van der Waals surface area contributed by atoms with Gasteiger partial charge >= 0.3 is 0 Å². The van der Waals surface area contributed by atoms with Crippen LogP contribution in [0.2, 0.25) is 5.02 Å². The first-order valence-electron chi connectivity index (χ1n) is 6.53. The summed E-state index contributed by atoms with van der Waals surface area (Å²) in [5.41, 5.74) is 1.23. The van der Waals surface area contributed by atoms with Crippen molar-refractivity contribution < 1.29 is 13.2 Å². The van der Waals surface area contributed by atoms with Crippen LogP contribution in [0.3, 0.4) is 0 Å². The molecule has 1 aromatic carbocycles. The highest BCUT2D eigenvalue weighted by atomic mass is 35.5. The van der Waals surface area contributed by atoms with Gasteiger partial charge in [0, 0.05) is 13.2 Å². The quantitative estimate of drug-likeness (QED) is 0.875. The number of halogens is 1. The summed E-state index contributed by atoms with van der Waals surface area (Å²) >= 11 is 6.11. The number of hydrogen-bond donors (Lipinski definition) is 2. The lowest BCUT2D eigenvalue weighted by molar-refractivity contribution is 0.0595. The summed E-state index contributed by atoms with van der Waals surface area (Å²) in [7, 11) is -3.28. The Kier molecular flexibility index (Phi) is 5.12. The van der Waals surface area contributed by atoms with E-state index >= 15 is 0 Å². The minimum Gasteiger partial charge on any atom is -0.383 e. The van der Waals surface area contributed by atoms with Crippen molar-refractivity contribution in [2.75, 3.05) is 36.1 Å².